The van der Waals surface area contributed by atoms with E-state index in [1.807, 2.05) is 0 Å². The molecule has 0 radical (unpaired) electrons. The fourth-order valence-electron chi connectivity index (χ4n) is 2.97. The van der Waals surface area contributed by atoms with Gasteiger partial charge < -0.3 is 5.11 Å². The van der Waals surface area contributed by atoms with Crippen molar-refractivity contribution in [2.45, 2.75) is 45.1 Å². The number of thiophene rings is 1. The summed E-state index contributed by atoms with van der Waals surface area (Å²) in [6.45, 7) is 4.61. The van der Waals surface area contributed by atoms with Gasteiger partial charge in [-0.05, 0) is 47.9 Å². The lowest BCUT2D eigenvalue weighted by molar-refractivity contribution is -0.0292. The maximum absolute atomic E-state index is 11.0. The predicted octanol–water partition coefficient (Wildman–Crippen LogP) is 4.69. The summed E-state index contributed by atoms with van der Waals surface area (Å²) >= 11 is 1.75. The third-order valence-electron chi connectivity index (χ3n) is 4.41. The minimum absolute atomic E-state index is 0.384. The van der Waals surface area contributed by atoms with Crippen molar-refractivity contribution < 1.29 is 5.11 Å². The Kier molecular flexibility index (Phi) is 2.76. The number of fused-ring (bicyclic) bond motifs is 1. The van der Waals surface area contributed by atoms with E-state index >= 15 is 0 Å². The molecule has 1 aromatic heterocycles. The molecule has 0 saturated heterocycles. The molecule has 2 aromatic rings. The number of rotatable bonds is 1. The second-order valence-corrected chi connectivity index (χ2v) is 7.26. The van der Waals surface area contributed by atoms with E-state index in [2.05, 4.69) is 43.5 Å². The summed E-state index contributed by atoms with van der Waals surface area (Å²) in [7, 11) is 0. The minimum atomic E-state index is -0.611. The highest BCUT2D eigenvalue weighted by Crippen LogP contribution is 2.47. The van der Waals surface area contributed by atoms with Crippen molar-refractivity contribution >= 4 is 21.4 Å². The molecule has 0 bridgehead atoms. The zero-order valence-corrected chi connectivity index (χ0v) is 11.9. The van der Waals surface area contributed by atoms with Crippen LogP contribution in [0.5, 0.6) is 0 Å². The van der Waals surface area contributed by atoms with E-state index < -0.39 is 5.60 Å². The molecule has 3 rings (SSSR count). The van der Waals surface area contributed by atoms with Gasteiger partial charge in [-0.15, -0.1) is 11.3 Å². The molecule has 0 unspecified atom stereocenters. The SMILES string of the molecule is CC1(C)CCC(O)(c2cccc3ccsc23)CC1. The normalized spacial score (nSPS) is 22.2. The molecule has 0 amide bonds. The van der Waals surface area contributed by atoms with Crippen molar-refractivity contribution in [3.05, 3.63) is 35.2 Å². The van der Waals surface area contributed by atoms with Crippen LogP contribution in [0.15, 0.2) is 29.6 Å². The van der Waals surface area contributed by atoms with E-state index in [0.717, 1.165) is 31.2 Å². The van der Waals surface area contributed by atoms with E-state index in [4.69, 9.17) is 0 Å². The number of aliphatic hydroxyl groups is 1. The van der Waals surface area contributed by atoms with Gasteiger partial charge in [-0.25, -0.2) is 0 Å². The summed E-state index contributed by atoms with van der Waals surface area (Å²) < 4.78 is 1.26. The highest BCUT2D eigenvalue weighted by molar-refractivity contribution is 7.17. The summed E-state index contributed by atoms with van der Waals surface area (Å²) in [6.07, 6.45) is 3.98. The van der Waals surface area contributed by atoms with Gasteiger partial charge in [-0.3, -0.25) is 0 Å². The van der Waals surface area contributed by atoms with Crippen LogP contribution in [0.4, 0.5) is 0 Å². The number of hydrogen-bond donors (Lipinski definition) is 1. The number of hydrogen-bond acceptors (Lipinski definition) is 2. The highest BCUT2D eigenvalue weighted by atomic mass is 32.1. The van der Waals surface area contributed by atoms with Crippen molar-refractivity contribution in [2.75, 3.05) is 0 Å². The van der Waals surface area contributed by atoms with E-state index in [0.29, 0.717) is 5.41 Å². The maximum Gasteiger partial charge on any atom is 0.0910 e. The molecule has 1 N–H and O–H groups in total. The summed E-state index contributed by atoms with van der Waals surface area (Å²) in [5.74, 6) is 0. The van der Waals surface area contributed by atoms with Crippen molar-refractivity contribution in [3.63, 3.8) is 0 Å². The molecule has 0 atom stereocenters. The molecule has 1 aromatic carbocycles. The van der Waals surface area contributed by atoms with Gasteiger partial charge in [-0.2, -0.15) is 0 Å². The van der Waals surface area contributed by atoms with Gasteiger partial charge >= 0.3 is 0 Å². The lowest BCUT2D eigenvalue weighted by Crippen LogP contribution is -2.34. The summed E-state index contributed by atoms with van der Waals surface area (Å²) in [5, 5.41) is 14.4. The first-order valence-electron chi connectivity index (χ1n) is 6.69. The third-order valence-corrected chi connectivity index (χ3v) is 5.37. The first-order chi connectivity index (χ1) is 8.50. The monoisotopic (exact) mass is 260 g/mol. The van der Waals surface area contributed by atoms with Crippen molar-refractivity contribution in [1.82, 2.24) is 0 Å². The molecule has 0 aliphatic heterocycles. The van der Waals surface area contributed by atoms with Crippen LogP contribution in [0.25, 0.3) is 10.1 Å². The molecule has 18 heavy (non-hydrogen) atoms. The van der Waals surface area contributed by atoms with E-state index in [9.17, 15) is 5.11 Å². The first kappa shape index (κ1) is 12.2. The van der Waals surface area contributed by atoms with E-state index in [1.165, 1.54) is 10.1 Å². The molecule has 1 aliphatic rings. The Bertz CT molecular complexity index is 557. The number of benzene rings is 1. The molecule has 1 heterocycles. The van der Waals surface area contributed by atoms with Crippen molar-refractivity contribution in [1.29, 1.82) is 0 Å². The highest BCUT2D eigenvalue weighted by Gasteiger charge is 2.38. The zero-order chi connectivity index (χ0) is 12.8. The van der Waals surface area contributed by atoms with Crippen molar-refractivity contribution in [3.8, 4) is 0 Å². The van der Waals surface area contributed by atoms with Crippen LogP contribution in [-0.2, 0) is 5.60 Å². The van der Waals surface area contributed by atoms with Crippen LogP contribution in [0.3, 0.4) is 0 Å². The fraction of sp³-hybridized carbons (Fsp3) is 0.500. The zero-order valence-electron chi connectivity index (χ0n) is 11.1. The van der Waals surface area contributed by atoms with Crippen LogP contribution >= 0.6 is 11.3 Å². The second-order valence-electron chi connectivity index (χ2n) is 6.34. The van der Waals surface area contributed by atoms with E-state index in [-0.39, 0.29) is 0 Å². The Balaban J connectivity index is 2.02. The van der Waals surface area contributed by atoms with Gasteiger partial charge in [0.25, 0.3) is 0 Å². The summed E-state index contributed by atoms with van der Waals surface area (Å²) in [6, 6.07) is 8.45. The maximum atomic E-state index is 11.0. The molecule has 1 saturated carbocycles. The summed E-state index contributed by atoms with van der Waals surface area (Å²) in [5.41, 5.74) is 0.917. The smallest absolute Gasteiger partial charge is 0.0910 e. The largest absolute Gasteiger partial charge is 0.385 e. The van der Waals surface area contributed by atoms with Crippen LogP contribution < -0.4 is 0 Å². The standard InChI is InChI=1S/C16H20OS/c1-15(2)7-9-16(17,10-8-15)13-5-3-4-12-6-11-18-14(12)13/h3-6,11,17H,7-10H2,1-2H3. The van der Waals surface area contributed by atoms with Gasteiger partial charge in [0.2, 0.25) is 0 Å². The Morgan fingerprint density at radius 3 is 2.50 bits per heavy atom. The Morgan fingerprint density at radius 1 is 1.06 bits per heavy atom. The van der Waals surface area contributed by atoms with Gasteiger partial charge in [0.1, 0.15) is 0 Å². The summed E-state index contributed by atoms with van der Waals surface area (Å²) in [4.78, 5) is 0. The Labute approximate surface area is 112 Å². The van der Waals surface area contributed by atoms with Gasteiger partial charge in [0, 0.05) is 10.3 Å². The van der Waals surface area contributed by atoms with Gasteiger partial charge in [0.05, 0.1) is 5.60 Å². The Hall–Kier alpha value is -0.860. The third kappa shape index (κ3) is 1.98. The topological polar surface area (TPSA) is 20.2 Å². The molecular weight excluding hydrogens is 240 g/mol. The van der Waals surface area contributed by atoms with Crippen LogP contribution in [-0.4, -0.2) is 5.11 Å². The molecular formula is C16H20OS. The minimum Gasteiger partial charge on any atom is -0.385 e. The average molecular weight is 260 g/mol. The molecule has 2 heteroatoms. The van der Waals surface area contributed by atoms with Crippen molar-refractivity contribution in [2.24, 2.45) is 5.41 Å². The first-order valence-corrected chi connectivity index (χ1v) is 7.57. The van der Waals surface area contributed by atoms with Crippen LogP contribution in [0.1, 0.15) is 45.1 Å². The van der Waals surface area contributed by atoms with Gasteiger partial charge in [0.15, 0.2) is 0 Å². The molecule has 1 aliphatic carbocycles. The lowest BCUT2D eigenvalue weighted by atomic mass is 9.69. The molecule has 1 nitrogen and oxygen atoms in total. The second kappa shape index (κ2) is 4.07. The fourth-order valence-corrected chi connectivity index (χ4v) is 3.98. The Morgan fingerprint density at radius 2 is 1.78 bits per heavy atom. The van der Waals surface area contributed by atoms with E-state index in [1.54, 1.807) is 11.3 Å². The quantitative estimate of drug-likeness (QED) is 0.788. The molecule has 1 fully saturated rings. The lowest BCUT2D eigenvalue weighted by Gasteiger charge is -2.40. The van der Waals surface area contributed by atoms with Crippen LogP contribution in [0, 0.1) is 5.41 Å². The average Bonchev–Trinajstić information content (AvgIpc) is 2.81. The molecule has 0 spiro atoms. The van der Waals surface area contributed by atoms with Gasteiger partial charge in [-0.1, -0.05) is 32.0 Å². The van der Waals surface area contributed by atoms with Crippen LogP contribution in [0.2, 0.25) is 0 Å². The predicted molar refractivity (Wildman–Crippen MR) is 78.0 cm³/mol. The molecule has 96 valence electrons.